The molecule has 0 aliphatic carbocycles. The Morgan fingerprint density at radius 1 is 1.14 bits per heavy atom. The lowest BCUT2D eigenvalue weighted by Crippen LogP contribution is -2.01. The van der Waals surface area contributed by atoms with E-state index in [1.54, 1.807) is 6.33 Å². The highest BCUT2D eigenvalue weighted by Crippen LogP contribution is 2.30. The molecule has 8 heteroatoms. The predicted molar refractivity (Wildman–Crippen MR) is 113 cm³/mol. The van der Waals surface area contributed by atoms with Gasteiger partial charge in [0.1, 0.15) is 11.9 Å². The van der Waals surface area contributed by atoms with Crippen LogP contribution in [0.5, 0.6) is 0 Å². The van der Waals surface area contributed by atoms with E-state index >= 15 is 0 Å². The minimum atomic E-state index is -0.385. The summed E-state index contributed by atoms with van der Waals surface area (Å²) in [7, 11) is 0. The first-order valence-corrected chi connectivity index (χ1v) is 10.3. The van der Waals surface area contributed by atoms with E-state index < -0.39 is 0 Å². The summed E-state index contributed by atoms with van der Waals surface area (Å²) in [5.74, 6) is 0.517. The Balaban J connectivity index is 1.68. The maximum absolute atomic E-state index is 12.0. The van der Waals surface area contributed by atoms with Gasteiger partial charge in [-0.3, -0.25) is 4.57 Å². The molecule has 0 spiro atoms. The van der Waals surface area contributed by atoms with Crippen LogP contribution < -0.4 is 5.63 Å². The van der Waals surface area contributed by atoms with Gasteiger partial charge in [-0.25, -0.2) is 4.79 Å². The van der Waals surface area contributed by atoms with Crippen molar-refractivity contribution in [3.63, 3.8) is 0 Å². The van der Waals surface area contributed by atoms with E-state index in [1.807, 2.05) is 47.9 Å². The number of halogens is 2. The van der Waals surface area contributed by atoms with Gasteiger partial charge < -0.3 is 4.42 Å². The van der Waals surface area contributed by atoms with Crippen molar-refractivity contribution in [3.05, 3.63) is 80.4 Å². The average Bonchev–Trinajstić information content (AvgIpc) is 3.14. The van der Waals surface area contributed by atoms with Crippen LogP contribution in [0.2, 0.25) is 10.0 Å². The largest absolute Gasteiger partial charge is 0.423 e. The zero-order valence-electron chi connectivity index (χ0n) is 14.9. The van der Waals surface area contributed by atoms with Gasteiger partial charge in [-0.05, 0) is 47.9 Å². The van der Waals surface area contributed by atoms with Gasteiger partial charge in [-0.1, -0.05) is 48.0 Å². The quantitative estimate of drug-likeness (QED) is 0.306. The van der Waals surface area contributed by atoms with E-state index in [-0.39, 0.29) is 5.63 Å². The van der Waals surface area contributed by atoms with Crippen molar-refractivity contribution in [1.82, 2.24) is 14.8 Å². The van der Waals surface area contributed by atoms with Gasteiger partial charge >= 0.3 is 5.63 Å². The van der Waals surface area contributed by atoms with Gasteiger partial charge in [0.25, 0.3) is 0 Å². The number of rotatable bonds is 5. The SMILES string of the molecule is CCc1cc2oc(=O)cc(CSc3nncn3-c3cccc(Cl)c3)c2cc1Cl. The molecule has 0 amide bonds. The van der Waals surface area contributed by atoms with E-state index in [9.17, 15) is 4.79 Å². The predicted octanol–water partition coefficient (Wildman–Crippen LogP) is 5.54. The number of fused-ring (bicyclic) bond motifs is 1. The van der Waals surface area contributed by atoms with E-state index in [1.165, 1.54) is 17.8 Å². The van der Waals surface area contributed by atoms with Gasteiger partial charge in [0.2, 0.25) is 0 Å². The Labute approximate surface area is 175 Å². The first-order chi connectivity index (χ1) is 13.5. The number of benzene rings is 2. The molecule has 4 rings (SSSR count). The van der Waals surface area contributed by atoms with Crippen molar-refractivity contribution in [1.29, 1.82) is 0 Å². The van der Waals surface area contributed by atoms with E-state index in [2.05, 4.69) is 10.2 Å². The smallest absolute Gasteiger partial charge is 0.336 e. The van der Waals surface area contributed by atoms with E-state index in [0.29, 0.717) is 26.5 Å². The Kier molecular flexibility index (Phi) is 5.44. The molecular weight excluding hydrogens is 417 g/mol. The molecule has 28 heavy (non-hydrogen) atoms. The second-order valence-electron chi connectivity index (χ2n) is 6.14. The zero-order valence-corrected chi connectivity index (χ0v) is 17.2. The fourth-order valence-corrected chi connectivity index (χ4v) is 4.35. The molecule has 0 saturated carbocycles. The standard InChI is InChI=1S/C20H15Cl2N3O2S/c1-2-12-6-18-16(9-17(12)22)13(7-19(26)27-18)10-28-20-24-23-11-25(20)15-5-3-4-14(21)8-15/h3-9,11H,2,10H2,1H3. The highest BCUT2D eigenvalue weighted by Gasteiger charge is 2.13. The number of nitrogens with zero attached hydrogens (tertiary/aromatic N) is 3. The molecule has 0 radical (unpaired) electrons. The molecule has 2 aromatic carbocycles. The number of aromatic nitrogens is 3. The first kappa shape index (κ1) is 19.1. The summed E-state index contributed by atoms with van der Waals surface area (Å²) in [6.07, 6.45) is 2.40. The van der Waals surface area contributed by atoms with Crippen molar-refractivity contribution in [2.45, 2.75) is 24.3 Å². The summed E-state index contributed by atoms with van der Waals surface area (Å²) < 4.78 is 7.23. The van der Waals surface area contributed by atoms with Crippen molar-refractivity contribution in [3.8, 4) is 5.69 Å². The molecule has 0 aliphatic heterocycles. The summed E-state index contributed by atoms with van der Waals surface area (Å²) in [4.78, 5) is 12.0. The lowest BCUT2D eigenvalue weighted by Gasteiger charge is -2.09. The third kappa shape index (κ3) is 3.81. The summed E-state index contributed by atoms with van der Waals surface area (Å²) in [5.41, 5.74) is 2.81. The van der Waals surface area contributed by atoms with Gasteiger partial charge in [0, 0.05) is 27.3 Å². The normalized spacial score (nSPS) is 11.2. The van der Waals surface area contributed by atoms with Crippen LogP contribution in [-0.4, -0.2) is 14.8 Å². The maximum atomic E-state index is 12.0. The Bertz CT molecular complexity index is 1220. The highest BCUT2D eigenvalue weighted by atomic mass is 35.5. The molecule has 0 atom stereocenters. The minimum Gasteiger partial charge on any atom is -0.423 e. The van der Waals surface area contributed by atoms with E-state index in [4.69, 9.17) is 27.6 Å². The average molecular weight is 432 g/mol. The topological polar surface area (TPSA) is 60.9 Å². The monoisotopic (exact) mass is 431 g/mol. The third-order valence-electron chi connectivity index (χ3n) is 4.34. The molecule has 5 nitrogen and oxygen atoms in total. The summed E-state index contributed by atoms with van der Waals surface area (Å²) in [6.45, 7) is 2.01. The molecule has 0 unspecified atom stereocenters. The molecule has 142 valence electrons. The Morgan fingerprint density at radius 2 is 2.00 bits per heavy atom. The molecule has 2 aromatic heterocycles. The Morgan fingerprint density at radius 3 is 2.79 bits per heavy atom. The molecule has 0 N–H and O–H groups in total. The maximum Gasteiger partial charge on any atom is 0.336 e. The van der Waals surface area contributed by atoms with Crippen molar-refractivity contribution >= 4 is 45.9 Å². The van der Waals surface area contributed by atoms with Crippen LogP contribution in [0.3, 0.4) is 0 Å². The number of hydrogen-bond acceptors (Lipinski definition) is 5. The molecule has 0 saturated heterocycles. The summed E-state index contributed by atoms with van der Waals surface area (Å²) in [5, 5.41) is 11.0. The highest BCUT2D eigenvalue weighted by molar-refractivity contribution is 7.98. The van der Waals surface area contributed by atoms with Gasteiger partial charge in [-0.2, -0.15) is 0 Å². The lowest BCUT2D eigenvalue weighted by molar-refractivity contribution is 0.559. The van der Waals surface area contributed by atoms with Crippen LogP contribution in [0.4, 0.5) is 0 Å². The van der Waals surface area contributed by atoms with Crippen molar-refractivity contribution < 1.29 is 4.42 Å². The Hall–Kier alpha value is -2.28. The summed E-state index contributed by atoms with van der Waals surface area (Å²) >= 11 is 13.9. The van der Waals surface area contributed by atoms with Crippen molar-refractivity contribution in [2.75, 3.05) is 0 Å². The number of aryl methyl sites for hydroxylation is 1. The summed E-state index contributed by atoms with van der Waals surface area (Å²) in [6, 6.07) is 12.6. The molecule has 2 heterocycles. The van der Waals surface area contributed by atoms with Crippen LogP contribution in [0.1, 0.15) is 18.1 Å². The first-order valence-electron chi connectivity index (χ1n) is 8.59. The lowest BCUT2D eigenvalue weighted by atomic mass is 10.1. The van der Waals surface area contributed by atoms with Crippen LogP contribution >= 0.6 is 35.0 Å². The molecule has 0 aliphatic rings. The van der Waals surface area contributed by atoms with Crippen LogP contribution in [-0.2, 0) is 12.2 Å². The number of thioether (sulfide) groups is 1. The van der Waals surface area contributed by atoms with Crippen LogP contribution in [0, 0.1) is 0 Å². The fraction of sp³-hybridized carbons (Fsp3) is 0.150. The van der Waals surface area contributed by atoms with Crippen LogP contribution in [0.25, 0.3) is 16.7 Å². The second-order valence-corrected chi connectivity index (χ2v) is 7.92. The van der Waals surface area contributed by atoms with Gasteiger partial charge in [-0.15, -0.1) is 10.2 Å². The third-order valence-corrected chi connectivity index (χ3v) is 5.92. The molecular formula is C20H15Cl2N3O2S. The van der Waals surface area contributed by atoms with Gasteiger partial charge in [0.15, 0.2) is 5.16 Å². The fourth-order valence-electron chi connectivity index (χ4n) is 2.95. The zero-order chi connectivity index (χ0) is 19.7. The second kappa shape index (κ2) is 7.99. The van der Waals surface area contributed by atoms with Crippen LogP contribution in [0.15, 0.2) is 63.2 Å². The molecule has 4 aromatic rings. The van der Waals surface area contributed by atoms with E-state index in [0.717, 1.165) is 28.6 Å². The number of hydrogen-bond donors (Lipinski definition) is 0. The van der Waals surface area contributed by atoms with Crippen molar-refractivity contribution in [2.24, 2.45) is 0 Å². The minimum absolute atomic E-state index is 0.385. The molecule has 0 bridgehead atoms. The molecule has 0 fully saturated rings. The van der Waals surface area contributed by atoms with Gasteiger partial charge in [0.05, 0.1) is 5.69 Å².